The number of halogens is 1. The average molecular weight is 241 g/mol. The zero-order valence-corrected chi connectivity index (χ0v) is 9.25. The van der Waals surface area contributed by atoms with Gasteiger partial charge >= 0.3 is 0 Å². The third kappa shape index (κ3) is 1.95. The lowest BCUT2D eigenvalue weighted by Crippen LogP contribution is -2.44. The molecule has 17 heavy (non-hydrogen) atoms. The predicted octanol–water partition coefficient (Wildman–Crippen LogP) is 0.316. The molecule has 4 nitrogen and oxygen atoms in total. The molecule has 1 aliphatic rings. The molecule has 5 heteroatoms. The van der Waals surface area contributed by atoms with Gasteiger partial charge in [0.05, 0.1) is 6.10 Å². The van der Waals surface area contributed by atoms with Crippen molar-refractivity contribution in [3.8, 4) is 0 Å². The van der Waals surface area contributed by atoms with Gasteiger partial charge < -0.3 is 20.1 Å². The van der Waals surface area contributed by atoms with Gasteiger partial charge in [-0.2, -0.15) is 0 Å². The molecule has 1 heterocycles. The molecule has 3 N–H and O–H groups in total. The van der Waals surface area contributed by atoms with Gasteiger partial charge in [-0.3, -0.25) is 0 Å². The molecule has 0 amide bonds. The second-order valence-corrected chi connectivity index (χ2v) is 4.21. The molecule has 2 rings (SSSR count). The van der Waals surface area contributed by atoms with Crippen LogP contribution in [0.15, 0.2) is 24.3 Å². The second kappa shape index (κ2) is 4.34. The summed E-state index contributed by atoms with van der Waals surface area (Å²) in [6, 6.07) is 5.58. The van der Waals surface area contributed by atoms with E-state index in [0.717, 1.165) is 6.61 Å². The fraction of sp³-hybridized carbons (Fsp3) is 0.417. The number of aliphatic hydroxyl groups excluding tert-OH is 2. The van der Waals surface area contributed by atoms with E-state index in [1.165, 1.54) is 25.1 Å². The highest BCUT2D eigenvalue weighted by atomic mass is 19.1. The highest BCUT2D eigenvalue weighted by Gasteiger charge is 2.52. The topological polar surface area (TPSA) is 69.9 Å². The Labute approximate surface area is 98.3 Å². The normalized spacial score (nSPS) is 34.9. The molecule has 1 fully saturated rings. The summed E-state index contributed by atoms with van der Waals surface area (Å²) in [6.45, 7) is 2.39. The maximum absolute atomic E-state index is 13.6. The molecule has 0 bridgehead atoms. The van der Waals surface area contributed by atoms with Gasteiger partial charge in [0.2, 0.25) is 0 Å². The van der Waals surface area contributed by atoms with E-state index in [-0.39, 0.29) is 5.56 Å². The molecule has 0 spiro atoms. The second-order valence-electron chi connectivity index (χ2n) is 4.21. The number of hydrogen-bond donors (Lipinski definition) is 3. The van der Waals surface area contributed by atoms with Gasteiger partial charge in [-0.1, -0.05) is 18.2 Å². The van der Waals surface area contributed by atoms with Crippen molar-refractivity contribution >= 4 is 0 Å². The van der Waals surface area contributed by atoms with Crippen molar-refractivity contribution in [2.45, 2.75) is 30.8 Å². The first kappa shape index (κ1) is 12.4. The summed E-state index contributed by atoms with van der Waals surface area (Å²) in [4.78, 5) is 0. The lowest BCUT2D eigenvalue weighted by molar-refractivity contribution is -0.0721. The minimum atomic E-state index is -1.94. The molecule has 1 aromatic carbocycles. The molecular weight excluding hydrogens is 227 g/mol. The van der Waals surface area contributed by atoms with Gasteiger partial charge in [0.25, 0.3) is 0 Å². The predicted molar refractivity (Wildman–Crippen MR) is 57.2 cm³/mol. The van der Waals surface area contributed by atoms with Gasteiger partial charge in [-0.05, 0) is 13.0 Å². The molecule has 0 saturated carbocycles. The van der Waals surface area contributed by atoms with Gasteiger partial charge in [-0.15, -0.1) is 0 Å². The lowest BCUT2D eigenvalue weighted by atomic mass is 9.87. The monoisotopic (exact) mass is 241 g/mol. The van der Waals surface area contributed by atoms with Crippen molar-refractivity contribution in [1.29, 1.82) is 0 Å². The molecule has 1 aliphatic heterocycles. The zero-order chi connectivity index (χ0) is 12.6. The van der Waals surface area contributed by atoms with Crippen LogP contribution in [-0.2, 0) is 10.3 Å². The average Bonchev–Trinajstić information content (AvgIpc) is 2.57. The molecule has 1 radical (unpaired) electrons. The highest BCUT2D eigenvalue weighted by molar-refractivity contribution is 5.30. The molecule has 4 atom stereocenters. The van der Waals surface area contributed by atoms with Crippen LogP contribution >= 0.6 is 0 Å². The highest BCUT2D eigenvalue weighted by Crippen LogP contribution is 2.39. The van der Waals surface area contributed by atoms with Crippen LogP contribution in [0.1, 0.15) is 12.5 Å². The first-order chi connectivity index (χ1) is 7.97. The van der Waals surface area contributed by atoms with Crippen molar-refractivity contribution in [2.75, 3.05) is 0 Å². The summed E-state index contributed by atoms with van der Waals surface area (Å²) >= 11 is 0. The number of ether oxygens (including phenoxy) is 1. The van der Waals surface area contributed by atoms with E-state index in [0.29, 0.717) is 0 Å². The van der Waals surface area contributed by atoms with Crippen LogP contribution in [0.2, 0.25) is 0 Å². The maximum Gasteiger partial charge on any atom is 0.150 e. The molecule has 93 valence electrons. The molecule has 0 aromatic heterocycles. The first-order valence-electron chi connectivity index (χ1n) is 5.30. The molecule has 1 saturated heterocycles. The minimum absolute atomic E-state index is 0.0735. The van der Waals surface area contributed by atoms with Gasteiger partial charge in [0.1, 0.15) is 30.2 Å². The van der Waals surface area contributed by atoms with Crippen LogP contribution in [0, 0.1) is 12.4 Å². The largest absolute Gasteiger partial charge is 0.391 e. The number of rotatable bonds is 2. The Balaban J connectivity index is 2.36. The summed E-state index contributed by atoms with van der Waals surface area (Å²) in [7, 11) is 0. The van der Waals surface area contributed by atoms with Gasteiger partial charge in [0, 0.05) is 5.56 Å². The van der Waals surface area contributed by atoms with Crippen molar-refractivity contribution in [3.63, 3.8) is 0 Å². The van der Waals surface area contributed by atoms with E-state index in [1.54, 1.807) is 6.07 Å². The molecular formula is C12H14FO4. The first-order valence-corrected chi connectivity index (χ1v) is 5.30. The Bertz CT molecular complexity index is 409. The van der Waals surface area contributed by atoms with Crippen LogP contribution in [0.4, 0.5) is 4.39 Å². The number of aliphatic hydroxyl groups is 3. The Hall–Kier alpha value is -1.01. The van der Waals surface area contributed by atoms with Crippen LogP contribution in [0.25, 0.3) is 0 Å². The molecule has 1 aromatic rings. The van der Waals surface area contributed by atoms with Crippen molar-refractivity contribution in [2.24, 2.45) is 0 Å². The molecule has 0 aliphatic carbocycles. The Morgan fingerprint density at radius 3 is 2.59 bits per heavy atom. The van der Waals surface area contributed by atoms with E-state index >= 15 is 0 Å². The Kier molecular flexibility index (Phi) is 3.18. The van der Waals surface area contributed by atoms with Gasteiger partial charge in [-0.25, -0.2) is 4.39 Å². The van der Waals surface area contributed by atoms with E-state index in [2.05, 4.69) is 0 Å². The van der Waals surface area contributed by atoms with Crippen LogP contribution in [0.5, 0.6) is 0 Å². The quantitative estimate of drug-likeness (QED) is 0.697. The maximum atomic E-state index is 13.6. The van der Waals surface area contributed by atoms with E-state index in [1.807, 2.05) is 0 Å². The summed E-state index contributed by atoms with van der Waals surface area (Å²) in [5.41, 5.74) is -2.01. The van der Waals surface area contributed by atoms with E-state index < -0.39 is 29.7 Å². The van der Waals surface area contributed by atoms with Crippen LogP contribution < -0.4 is 0 Å². The fourth-order valence-electron chi connectivity index (χ4n) is 1.96. The fourth-order valence-corrected chi connectivity index (χ4v) is 1.96. The third-order valence-corrected chi connectivity index (χ3v) is 2.95. The summed E-state index contributed by atoms with van der Waals surface area (Å²) < 4.78 is 18.6. The van der Waals surface area contributed by atoms with Crippen LogP contribution in [0.3, 0.4) is 0 Å². The molecule has 1 unspecified atom stereocenters. The van der Waals surface area contributed by atoms with Crippen molar-refractivity contribution in [1.82, 2.24) is 0 Å². The smallest absolute Gasteiger partial charge is 0.150 e. The van der Waals surface area contributed by atoms with Crippen LogP contribution in [-0.4, -0.2) is 33.6 Å². The van der Waals surface area contributed by atoms with Gasteiger partial charge in [0.15, 0.2) is 0 Å². The number of benzene rings is 1. The summed E-state index contributed by atoms with van der Waals surface area (Å²) in [5.74, 6) is -0.639. The third-order valence-electron chi connectivity index (χ3n) is 2.95. The summed E-state index contributed by atoms with van der Waals surface area (Å²) in [5, 5.41) is 29.5. The van der Waals surface area contributed by atoms with E-state index in [4.69, 9.17) is 4.74 Å². The Morgan fingerprint density at radius 2 is 2.06 bits per heavy atom. The zero-order valence-electron chi connectivity index (χ0n) is 9.25. The SMILES string of the molecule is CC(O)[C@H]1O[CH][C@@](O)(c2ccccc2F)[C@@H]1O. The number of hydrogen-bond acceptors (Lipinski definition) is 4. The van der Waals surface area contributed by atoms with Crippen molar-refractivity contribution < 1.29 is 24.4 Å². The summed E-state index contributed by atoms with van der Waals surface area (Å²) in [6.07, 6.45) is -3.36. The Morgan fingerprint density at radius 1 is 1.41 bits per heavy atom. The van der Waals surface area contributed by atoms with E-state index in [9.17, 15) is 19.7 Å². The van der Waals surface area contributed by atoms with Crippen molar-refractivity contribution in [3.05, 3.63) is 42.3 Å². The lowest BCUT2D eigenvalue weighted by Gasteiger charge is -2.27. The standard InChI is InChI=1S/C12H14FO4/c1-7(14)10-11(15)12(16,6-17-10)8-4-2-3-5-9(8)13/h2-7,10-11,14-16H,1H3/t7?,10-,11-,12-/m1/s1. The minimum Gasteiger partial charge on any atom is -0.391 e.